The number of likely N-dealkylation sites (tertiary alicyclic amines) is 1. The minimum absolute atomic E-state index is 0.0900. The number of fused-ring (bicyclic) bond motifs is 1. The van der Waals surface area contributed by atoms with Crippen LogP contribution in [0, 0.1) is 0 Å². The predicted octanol–water partition coefficient (Wildman–Crippen LogP) is 1.33. The van der Waals surface area contributed by atoms with Crippen molar-refractivity contribution in [3.63, 3.8) is 0 Å². The molecule has 1 fully saturated rings. The van der Waals surface area contributed by atoms with E-state index in [0.29, 0.717) is 48.5 Å². The molecule has 0 N–H and O–H groups in total. The predicted molar refractivity (Wildman–Crippen MR) is 110 cm³/mol. The number of carbonyl (C=O) groups excluding carboxylic acids is 2. The molecule has 0 aliphatic carbocycles. The Kier molecular flexibility index (Phi) is 5.44. The fraction of sp³-hybridized carbons (Fsp3) is 0.350. The molecule has 10 nitrogen and oxygen atoms in total. The zero-order chi connectivity index (χ0) is 22.2. The first-order chi connectivity index (χ1) is 14.8. The fourth-order valence-electron chi connectivity index (χ4n) is 3.87. The first-order valence-electron chi connectivity index (χ1n) is 9.66. The van der Waals surface area contributed by atoms with E-state index in [4.69, 9.17) is 0 Å². The number of amides is 1. The van der Waals surface area contributed by atoms with Crippen LogP contribution in [-0.4, -0.2) is 71.2 Å². The highest BCUT2D eigenvalue weighted by molar-refractivity contribution is 7.90. The van der Waals surface area contributed by atoms with Crippen LogP contribution in [0.1, 0.15) is 45.2 Å². The topological polar surface area (TPSA) is 124 Å². The largest absolute Gasteiger partial charge is 0.465 e. The number of rotatable bonds is 4. The van der Waals surface area contributed by atoms with E-state index in [-0.39, 0.29) is 16.7 Å². The maximum Gasteiger partial charge on any atom is 0.337 e. The highest BCUT2D eigenvalue weighted by atomic mass is 32.2. The van der Waals surface area contributed by atoms with Crippen molar-refractivity contribution >= 4 is 27.5 Å². The maximum atomic E-state index is 13.1. The summed E-state index contributed by atoms with van der Waals surface area (Å²) in [6.45, 7) is 0.882. The Bertz CT molecular complexity index is 1250. The number of benzene rings is 1. The number of carbonyl (C=O) groups is 2. The molecule has 1 aliphatic heterocycles. The Morgan fingerprint density at radius 3 is 2.52 bits per heavy atom. The van der Waals surface area contributed by atoms with Crippen LogP contribution in [0.15, 0.2) is 41.7 Å². The van der Waals surface area contributed by atoms with Gasteiger partial charge in [-0.2, -0.15) is 14.6 Å². The van der Waals surface area contributed by atoms with Gasteiger partial charge in [0.05, 0.1) is 24.6 Å². The van der Waals surface area contributed by atoms with Crippen molar-refractivity contribution in [2.75, 3.05) is 26.5 Å². The van der Waals surface area contributed by atoms with E-state index >= 15 is 0 Å². The number of methoxy groups -OCH3 is 1. The molecule has 31 heavy (non-hydrogen) atoms. The molecule has 4 rings (SSSR count). The van der Waals surface area contributed by atoms with Crippen molar-refractivity contribution < 1.29 is 22.7 Å². The lowest BCUT2D eigenvalue weighted by Gasteiger charge is -2.33. The molecule has 1 atom stereocenters. The summed E-state index contributed by atoms with van der Waals surface area (Å²) in [5, 5.41) is 4.16. The number of hydrogen-bond acceptors (Lipinski definition) is 8. The van der Waals surface area contributed by atoms with E-state index in [1.807, 2.05) is 0 Å². The van der Waals surface area contributed by atoms with Gasteiger partial charge in [-0.1, -0.05) is 0 Å². The van der Waals surface area contributed by atoms with Crippen LogP contribution in [0.4, 0.5) is 0 Å². The summed E-state index contributed by atoms with van der Waals surface area (Å²) in [7, 11) is -2.26. The molecule has 1 saturated heterocycles. The Balaban J connectivity index is 1.64. The molecular weight excluding hydrogens is 422 g/mol. The molecule has 2 aromatic heterocycles. The van der Waals surface area contributed by atoms with Gasteiger partial charge in [0.2, 0.25) is 0 Å². The number of ether oxygens (including phenoxy) is 1. The molecule has 0 bridgehead atoms. The van der Waals surface area contributed by atoms with Crippen molar-refractivity contribution in [2.24, 2.45) is 0 Å². The minimum atomic E-state index is -3.56. The van der Waals surface area contributed by atoms with Gasteiger partial charge >= 0.3 is 5.97 Å². The standard InChI is InChI=1S/C20H21N5O5S/c1-30-19(27)14-7-5-13(6-8-14)18(26)24-9-3-4-15(11-24)17-16(31(2,28)29)10-21-20-22-12-23-25(17)20/h5-8,10,12,15H,3-4,9,11H2,1-2H3/t15-/m0/s1. The van der Waals surface area contributed by atoms with Crippen LogP contribution in [-0.2, 0) is 14.6 Å². The molecule has 3 heterocycles. The lowest BCUT2D eigenvalue weighted by molar-refractivity contribution is 0.0599. The van der Waals surface area contributed by atoms with Crippen molar-refractivity contribution in [1.82, 2.24) is 24.5 Å². The van der Waals surface area contributed by atoms with Crippen molar-refractivity contribution in [3.05, 3.63) is 53.6 Å². The maximum absolute atomic E-state index is 13.1. The second-order valence-electron chi connectivity index (χ2n) is 7.41. The van der Waals surface area contributed by atoms with E-state index in [0.717, 1.165) is 6.26 Å². The normalized spacial score (nSPS) is 17.0. The Labute approximate surface area is 178 Å². The van der Waals surface area contributed by atoms with E-state index in [1.165, 1.54) is 24.1 Å². The molecule has 3 aromatic rings. The number of sulfone groups is 1. The first kappa shape index (κ1) is 20.9. The summed E-state index contributed by atoms with van der Waals surface area (Å²) < 4.78 is 30.9. The Morgan fingerprint density at radius 2 is 1.84 bits per heavy atom. The third-order valence-corrected chi connectivity index (χ3v) is 6.47. The highest BCUT2D eigenvalue weighted by Gasteiger charge is 2.31. The van der Waals surface area contributed by atoms with Crippen LogP contribution in [0.3, 0.4) is 0 Å². The quantitative estimate of drug-likeness (QED) is 0.553. The van der Waals surface area contributed by atoms with Crippen LogP contribution < -0.4 is 0 Å². The number of piperidine rings is 1. The average Bonchev–Trinajstić information content (AvgIpc) is 3.26. The molecule has 0 unspecified atom stereocenters. The SMILES string of the molecule is COC(=O)c1ccc(C(=O)N2CCC[C@H](c3c(S(C)(=O)=O)cnc4ncnn34)C2)cc1. The molecule has 0 radical (unpaired) electrons. The summed E-state index contributed by atoms with van der Waals surface area (Å²) >= 11 is 0. The Morgan fingerprint density at radius 1 is 1.13 bits per heavy atom. The number of hydrogen-bond donors (Lipinski definition) is 0. The van der Waals surface area contributed by atoms with Crippen LogP contribution >= 0.6 is 0 Å². The van der Waals surface area contributed by atoms with Crippen LogP contribution in [0.5, 0.6) is 0 Å². The third-order valence-electron chi connectivity index (χ3n) is 5.36. The monoisotopic (exact) mass is 443 g/mol. The summed E-state index contributed by atoms with van der Waals surface area (Å²) in [6.07, 6.45) is 5.17. The summed E-state index contributed by atoms with van der Waals surface area (Å²) in [5.74, 6) is -0.598. The van der Waals surface area contributed by atoms with Crippen molar-refractivity contribution in [2.45, 2.75) is 23.7 Å². The molecular formula is C20H21N5O5S. The van der Waals surface area contributed by atoms with Gasteiger partial charge in [-0.25, -0.2) is 18.2 Å². The van der Waals surface area contributed by atoms with Gasteiger partial charge in [-0.15, -0.1) is 0 Å². The summed E-state index contributed by atoms with van der Waals surface area (Å²) in [4.78, 5) is 34.6. The van der Waals surface area contributed by atoms with Gasteiger partial charge in [0.25, 0.3) is 11.7 Å². The fourth-order valence-corrected chi connectivity index (χ4v) is 4.75. The third kappa shape index (κ3) is 4.00. The molecule has 1 aromatic carbocycles. The van der Waals surface area contributed by atoms with E-state index in [9.17, 15) is 18.0 Å². The van der Waals surface area contributed by atoms with Crippen LogP contribution in [0.25, 0.3) is 5.78 Å². The van der Waals surface area contributed by atoms with Crippen LogP contribution in [0.2, 0.25) is 0 Å². The lowest BCUT2D eigenvalue weighted by Crippen LogP contribution is -2.40. The van der Waals surface area contributed by atoms with Gasteiger partial charge in [-0.3, -0.25) is 4.79 Å². The first-order valence-corrected chi connectivity index (χ1v) is 11.5. The zero-order valence-corrected chi connectivity index (χ0v) is 17.9. The average molecular weight is 443 g/mol. The number of nitrogens with zero attached hydrogens (tertiary/aromatic N) is 5. The zero-order valence-electron chi connectivity index (χ0n) is 17.1. The van der Waals surface area contributed by atoms with E-state index in [2.05, 4.69) is 19.8 Å². The second-order valence-corrected chi connectivity index (χ2v) is 9.40. The Hall–Kier alpha value is -3.34. The smallest absolute Gasteiger partial charge is 0.337 e. The van der Waals surface area contributed by atoms with Gasteiger partial charge in [0, 0.05) is 30.8 Å². The number of esters is 1. The molecule has 0 spiro atoms. The molecule has 162 valence electrons. The molecule has 11 heteroatoms. The van der Waals surface area contributed by atoms with Gasteiger partial charge in [0.1, 0.15) is 11.2 Å². The van der Waals surface area contributed by atoms with Gasteiger partial charge < -0.3 is 9.64 Å². The lowest BCUT2D eigenvalue weighted by atomic mass is 9.93. The van der Waals surface area contributed by atoms with Crippen molar-refractivity contribution in [3.8, 4) is 0 Å². The molecule has 1 amide bonds. The van der Waals surface area contributed by atoms with Gasteiger partial charge in [-0.05, 0) is 37.1 Å². The summed E-state index contributed by atoms with van der Waals surface area (Å²) in [6, 6.07) is 6.26. The second kappa shape index (κ2) is 8.06. The van der Waals surface area contributed by atoms with E-state index in [1.54, 1.807) is 29.2 Å². The number of aromatic nitrogens is 4. The molecule has 1 aliphatic rings. The summed E-state index contributed by atoms with van der Waals surface area (Å²) in [5.41, 5.74) is 1.29. The highest BCUT2D eigenvalue weighted by Crippen LogP contribution is 2.31. The van der Waals surface area contributed by atoms with Gasteiger partial charge in [0.15, 0.2) is 9.84 Å². The van der Waals surface area contributed by atoms with Crippen molar-refractivity contribution in [1.29, 1.82) is 0 Å². The molecule has 0 saturated carbocycles. The van der Waals surface area contributed by atoms with E-state index < -0.39 is 15.8 Å². The minimum Gasteiger partial charge on any atom is -0.465 e.